The maximum absolute atomic E-state index is 12.3. The summed E-state index contributed by atoms with van der Waals surface area (Å²) in [7, 11) is 0. The van der Waals surface area contributed by atoms with Gasteiger partial charge in [0.1, 0.15) is 11.3 Å². The first-order valence-corrected chi connectivity index (χ1v) is 8.46. The minimum Gasteiger partial charge on any atom is -0.494 e. The van der Waals surface area contributed by atoms with Gasteiger partial charge in [0.05, 0.1) is 24.6 Å². The molecule has 0 aliphatic rings. The van der Waals surface area contributed by atoms with Crippen LogP contribution in [0, 0.1) is 12.8 Å². The zero-order chi connectivity index (χ0) is 18.4. The van der Waals surface area contributed by atoms with Gasteiger partial charge in [-0.25, -0.2) is 14.8 Å². The number of ether oxygens (including phenoxy) is 2. The third kappa shape index (κ3) is 4.92. The van der Waals surface area contributed by atoms with E-state index in [0.717, 1.165) is 17.7 Å². The molecule has 6 heteroatoms. The monoisotopic (exact) mass is 343 g/mol. The van der Waals surface area contributed by atoms with Crippen molar-refractivity contribution in [2.24, 2.45) is 5.92 Å². The molecule has 0 atom stereocenters. The number of anilines is 1. The molecule has 0 aliphatic heterocycles. The van der Waals surface area contributed by atoms with Crippen LogP contribution in [0.3, 0.4) is 0 Å². The van der Waals surface area contributed by atoms with Crippen LogP contribution in [0.2, 0.25) is 0 Å². The summed E-state index contributed by atoms with van der Waals surface area (Å²) >= 11 is 0. The molecule has 0 saturated carbocycles. The number of hydrogen-bond acceptors (Lipinski definition) is 6. The number of aryl methyl sites for hydroxylation is 1. The second kappa shape index (κ2) is 8.46. The van der Waals surface area contributed by atoms with Gasteiger partial charge in [-0.05, 0) is 50.5 Å². The third-order valence-corrected chi connectivity index (χ3v) is 3.68. The predicted molar refractivity (Wildman–Crippen MR) is 97.5 cm³/mol. The standard InChI is InChI=1S/C19H25N3O3/c1-5-24-18(23)16-13(4)21-19(20)22-17(16)14-6-8-15(9-7-14)25-11-10-12(2)3/h6-9,12H,5,10-11H2,1-4H3,(H2,20,21,22). The molecule has 0 unspecified atom stereocenters. The fourth-order valence-electron chi connectivity index (χ4n) is 2.37. The van der Waals surface area contributed by atoms with Gasteiger partial charge in [0, 0.05) is 5.56 Å². The number of aromatic nitrogens is 2. The first-order valence-electron chi connectivity index (χ1n) is 8.46. The average Bonchev–Trinajstić information content (AvgIpc) is 2.54. The highest BCUT2D eigenvalue weighted by molar-refractivity contribution is 5.97. The van der Waals surface area contributed by atoms with Crippen LogP contribution in [0.1, 0.15) is 43.2 Å². The smallest absolute Gasteiger partial charge is 0.342 e. The lowest BCUT2D eigenvalue weighted by molar-refractivity contribution is 0.0525. The number of esters is 1. The molecular weight excluding hydrogens is 318 g/mol. The lowest BCUT2D eigenvalue weighted by atomic mass is 10.0. The minimum atomic E-state index is -0.452. The molecule has 0 saturated heterocycles. The lowest BCUT2D eigenvalue weighted by Gasteiger charge is -2.12. The van der Waals surface area contributed by atoms with Crippen LogP contribution in [-0.4, -0.2) is 29.2 Å². The molecule has 2 rings (SSSR count). The molecule has 1 heterocycles. The van der Waals surface area contributed by atoms with Crippen molar-refractivity contribution in [3.05, 3.63) is 35.5 Å². The van der Waals surface area contributed by atoms with E-state index in [1.165, 1.54) is 0 Å². The van der Waals surface area contributed by atoms with Gasteiger partial charge >= 0.3 is 5.97 Å². The van der Waals surface area contributed by atoms with Gasteiger partial charge in [0.25, 0.3) is 0 Å². The van der Waals surface area contributed by atoms with E-state index >= 15 is 0 Å². The Balaban J connectivity index is 2.30. The zero-order valence-corrected chi connectivity index (χ0v) is 15.2. The number of nitrogens with zero attached hydrogens (tertiary/aromatic N) is 2. The van der Waals surface area contributed by atoms with E-state index in [-0.39, 0.29) is 12.6 Å². The number of carbonyl (C=O) groups is 1. The molecule has 0 radical (unpaired) electrons. The summed E-state index contributed by atoms with van der Waals surface area (Å²) in [6.07, 6.45) is 0.996. The van der Waals surface area contributed by atoms with Crippen LogP contribution in [0.25, 0.3) is 11.3 Å². The van der Waals surface area contributed by atoms with Crippen LogP contribution in [0.4, 0.5) is 5.95 Å². The van der Waals surface area contributed by atoms with E-state index in [0.29, 0.717) is 29.5 Å². The molecule has 0 spiro atoms. The van der Waals surface area contributed by atoms with Gasteiger partial charge in [-0.1, -0.05) is 13.8 Å². The van der Waals surface area contributed by atoms with Crippen molar-refractivity contribution in [1.29, 1.82) is 0 Å². The summed E-state index contributed by atoms with van der Waals surface area (Å²) in [5, 5.41) is 0. The van der Waals surface area contributed by atoms with Crippen molar-refractivity contribution >= 4 is 11.9 Å². The lowest BCUT2D eigenvalue weighted by Crippen LogP contribution is -2.13. The van der Waals surface area contributed by atoms with E-state index in [4.69, 9.17) is 15.2 Å². The summed E-state index contributed by atoms with van der Waals surface area (Å²) < 4.78 is 10.8. The Hall–Kier alpha value is -2.63. The Bertz CT molecular complexity index is 727. The summed E-state index contributed by atoms with van der Waals surface area (Å²) in [5.74, 6) is 1.05. The molecule has 2 aromatic rings. The second-order valence-electron chi connectivity index (χ2n) is 6.17. The number of carbonyl (C=O) groups excluding carboxylic acids is 1. The van der Waals surface area contributed by atoms with E-state index in [1.54, 1.807) is 13.8 Å². The first-order chi connectivity index (χ1) is 11.9. The van der Waals surface area contributed by atoms with Crippen LogP contribution in [0.5, 0.6) is 5.75 Å². The summed E-state index contributed by atoms with van der Waals surface area (Å²) in [5.41, 5.74) is 7.83. The van der Waals surface area contributed by atoms with Crippen molar-refractivity contribution < 1.29 is 14.3 Å². The van der Waals surface area contributed by atoms with Gasteiger partial charge in [-0.2, -0.15) is 0 Å². The van der Waals surface area contributed by atoms with Crippen molar-refractivity contribution in [2.45, 2.75) is 34.1 Å². The summed E-state index contributed by atoms with van der Waals surface area (Å²) in [6.45, 7) is 8.75. The molecule has 1 aromatic heterocycles. The number of hydrogen-bond donors (Lipinski definition) is 1. The number of nitrogen functional groups attached to an aromatic ring is 1. The first kappa shape index (κ1) is 18.7. The van der Waals surface area contributed by atoms with E-state index in [9.17, 15) is 4.79 Å². The fraction of sp³-hybridized carbons (Fsp3) is 0.421. The quantitative estimate of drug-likeness (QED) is 0.772. The molecule has 134 valence electrons. The second-order valence-corrected chi connectivity index (χ2v) is 6.17. The highest BCUT2D eigenvalue weighted by Gasteiger charge is 2.20. The van der Waals surface area contributed by atoms with Crippen molar-refractivity contribution in [3.63, 3.8) is 0 Å². The molecule has 0 bridgehead atoms. The molecule has 2 N–H and O–H groups in total. The van der Waals surface area contributed by atoms with Gasteiger partial charge in [0.15, 0.2) is 0 Å². The number of rotatable bonds is 7. The Labute approximate surface area is 148 Å². The van der Waals surface area contributed by atoms with Gasteiger partial charge < -0.3 is 15.2 Å². The molecule has 0 aliphatic carbocycles. The Kier molecular flexibility index (Phi) is 6.33. The van der Waals surface area contributed by atoms with Crippen LogP contribution in [0.15, 0.2) is 24.3 Å². The SMILES string of the molecule is CCOC(=O)c1c(C)nc(N)nc1-c1ccc(OCCC(C)C)cc1. The maximum Gasteiger partial charge on any atom is 0.342 e. The molecule has 6 nitrogen and oxygen atoms in total. The zero-order valence-electron chi connectivity index (χ0n) is 15.2. The molecule has 1 aromatic carbocycles. The van der Waals surface area contributed by atoms with E-state index in [1.807, 2.05) is 24.3 Å². The normalized spacial score (nSPS) is 10.8. The fourth-order valence-corrected chi connectivity index (χ4v) is 2.37. The highest BCUT2D eigenvalue weighted by atomic mass is 16.5. The van der Waals surface area contributed by atoms with Crippen molar-refractivity contribution in [3.8, 4) is 17.0 Å². The predicted octanol–water partition coefficient (Wildman–Crippen LogP) is 3.64. The van der Waals surface area contributed by atoms with Crippen molar-refractivity contribution in [1.82, 2.24) is 9.97 Å². The Morgan fingerprint density at radius 1 is 1.20 bits per heavy atom. The molecule has 25 heavy (non-hydrogen) atoms. The largest absolute Gasteiger partial charge is 0.494 e. The summed E-state index contributed by atoms with van der Waals surface area (Å²) in [4.78, 5) is 20.6. The van der Waals surface area contributed by atoms with Gasteiger partial charge in [-0.3, -0.25) is 0 Å². The Morgan fingerprint density at radius 3 is 2.48 bits per heavy atom. The maximum atomic E-state index is 12.3. The van der Waals surface area contributed by atoms with Crippen LogP contribution < -0.4 is 10.5 Å². The topological polar surface area (TPSA) is 87.3 Å². The third-order valence-electron chi connectivity index (χ3n) is 3.68. The molecule has 0 fully saturated rings. The Morgan fingerprint density at radius 2 is 1.88 bits per heavy atom. The molecular formula is C19H25N3O3. The average molecular weight is 343 g/mol. The summed E-state index contributed by atoms with van der Waals surface area (Å²) in [6, 6.07) is 7.43. The number of nitrogens with two attached hydrogens (primary N) is 1. The van der Waals surface area contributed by atoms with Gasteiger partial charge in [0.2, 0.25) is 5.95 Å². The molecule has 0 amide bonds. The highest BCUT2D eigenvalue weighted by Crippen LogP contribution is 2.27. The van der Waals surface area contributed by atoms with Crippen molar-refractivity contribution in [2.75, 3.05) is 18.9 Å². The van der Waals surface area contributed by atoms with E-state index < -0.39 is 5.97 Å². The van der Waals surface area contributed by atoms with Gasteiger partial charge in [-0.15, -0.1) is 0 Å². The minimum absolute atomic E-state index is 0.123. The van der Waals surface area contributed by atoms with E-state index in [2.05, 4.69) is 23.8 Å². The number of benzene rings is 1. The van der Waals surface area contributed by atoms with Crippen LogP contribution >= 0.6 is 0 Å². The van der Waals surface area contributed by atoms with Crippen LogP contribution in [-0.2, 0) is 4.74 Å².